The molecule has 1 aromatic rings. The quantitative estimate of drug-likeness (QED) is 0.857. The highest BCUT2D eigenvalue weighted by Gasteiger charge is 2.15. The summed E-state index contributed by atoms with van der Waals surface area (Å²) >= 11 is 5.70. The molecule has 88 valence electrons. The first kappa shape index (κ1) is 12.9. The lowest BCUT2D eigenvalue weighted by molar-refractivity contribution is -0.137. The molecule has 0 spiro atoms. The fourth-order valence-corrected chi connectivity index (χ4v) is 1.69. The highest BCUT2D eigenvalue weighted by Crippen LogP contribution is 2.25. The predicted octanol–water partition coefficient (Wildman–Crippen LogP) is 2.52. The van der Waals surface area contributed by atoms with E-state index in [1.165, 1.54) is 6.07 Å². The first-order valence-corrected chi connectivity index (χ1v) is 5.28. The fraction of sp³-hybridized carbons (Fsp3) is 0.364. The van der Waals surface area contributed by atoms with E-state index in [0.717, 1.165) is 0 Å². The Kier molecular flexibility index (Phi) is 4.26. The molecule has 0 aliphatic carbocycles. The number of carbonyl (C=O) groups is 1. The molecule has 0 amide bonds. The van der Waals surface area contributed by atoms with Crippen molar-refractivity contribution >= 4 is 17.6 Å². The number of halogens is 2. The average Bonchev–Trinajstić information content (AvgIpc) is 2.20. The zero-order chi connectivity index (χ0) is 12.3. The van der Waals surface area contributed by atoms with E-state index in [9.17, 15) is 9.18 Å². The maximum absolute atomic E-state index is 13.4. The van der Waals surface area contributed by atoms with Crippen LogP contribution in [0.15, 0.2) is 12.1 Å². The molecular formula is C11H13ClFNO2. The summed E-state index contributed by atoms with van der Waals surface area (Å²) in [6.45, 7) is 1.79. The molecule has 1 aromatic carbocycles. The van der Waals surface area contributed by atoms with Gasteiger partial charge in [-0.2, -0.15) is 0 Å². The Hall–Kier alpha value is -1.13. The zero-order valence-corrected chi connectivity index (χ0v) is 9.59. The SMILES string of the molecule is CCc1cc(C(N)CC(=O)O)cc(Cl)c1F. The molecule has 0 heterocycles. The van der Waals surface area contributed by atoms with E-state index in [1.807, 2.05) is 0 Å². The van der Waals surface area contributed by atoms with Gasteiger partial charge < -0.3 is 10.8 Å². The van der Waals surface area contributed by atoms with E-state index in [-0.39, 0.29) is 11.4 Å². The van der Waals surface area contributed by atoms with E-state index in [0.29, 0.717) is 17.5 Å². The summed E-state index contributed by atoms with van der Waals surface area (Å²) in [6, 6.07) is 2.28. The molecule has 3 N–H and O–H groups in total. The molecule has 1 atom stereocenters. The van der Waals surface area contributed by atoms with Gasteiger partial charge in [0.15, 0.2) is 0 Å². The van der Waals surface area contributed by atoms with Crippen LogP contribution in [-0.2, 0) is 11.2 Å². The lowest BCUT2D eigenvalue weighted by Crippen LogP contribution is -2.15. The summed E-state index contributed by atoms with van der Waals surface area (Å²) in [5.74, 6) is -1.46. The van der Waals surface area contributed by atoms with Gasteiger partial charge in [-0.15, -0.1) is 0 Å². The van der Waals surface area contributed by atoms with Gasteiger partial charge in [0, 0.05) is 6.04 Å². The number of rotatable bonds is 4. The molecule has 3 nitrogen and oxygen atoms in total. The second kappa shape index (κ2) is 5.27. The number of aryl methyl sites for hydroxylation is 1. The minimum Gasteiger partial charge on any atom is -0.481 e. The van der Waals surface area contributed by atoms with Crippen LogP contribution in [0.4, 0.5) is 4.39 Å². The largest absolute Gasteiger partial charge is 0.481 e. The van der Waals surface area contributed by atoms with Gasteiger partial charge >= 0.3 is 5.97 Å². The van der Waals surface area contributed by atoms with Gasteiger partial charge in [-0.1, -0.05) is 24.6 Å². The van der Waals surface area contributed by atoms with Crippen molar-refractivity contribution in [1.29, 1.82) is 0 Å². The number of nitrogens with two attached hydrogens (primary N) is 1. The third kappa shape index (κ3) is 2.93. The van der Waals surface area contributed by atoms with Crippen molar-refractivity contribution in [2.45, 2.75) is 25.8 Å². The molecule has 0 aliphatic heterocycles. The molecule has 0 fully saturated rings. The van der Waals surface area contributed by atoms with E-state index < -0.39 is 17.8 Å². The molecule has 0 saturated heterocycles. The number of aliphatic carboxylic acids is 1. The normalized spacial score (nSPS) is 12.5. The minimum absolute atomic E-state index is 0.0183. The summed E-state index contributed by atoms with van der Waals surface area (Å²) in [5.41, 5.74) is 6.67. The number of hydrogen-bond acceptors (Lipinski definition) is 2. The number of carboxylic acid groups (broad SMARTS) is 1. The third-order valence-corrected chi connectivity index (χ3v) is 2.60. The molecule has 0 saturated carbocycles. The van der Waals surface area contributed by atoms with Crippen molar-refractivity contribution in [3.63, 3.8) is 0 Å². The van der Waals surface area contributed by atoms with Crippen LogP contribution in [0, 0.1) is 5.82 Å². The lowest BCUT2D eigenvalue weighted by atomic mass is 10.0. The summed E-state index contributed by atoms with van der Waals surface area (Å²) < 4.78 is 13.4. The first-order chi connectivity index (χ1) is 7.45. The molecule has 16 heavy (non-hydrogen) atoms. The maximum Gasteiger partial charge on any atom is 0.305 e. The van der Waals surface area contributed by atoms with Crippen LogP contribution in [0.1, 0.15) is 30.5 Å². The Labute approximate surface area is 98.0 Å². The Bertz CT molecular complexity index is 409. The van der Waals surface area contributed by atoms with Crippen LogP contribution in [0.25, 0.3) is 0 Å². The number of hydrogen-bond donors (Lipinski definition) is 2. The standard InChI is InChI=1S/C11H13ClFNO2/c1-2-6-3-7(4-8(12)11(6)13)9(14)5-10(15)16/h3-4,9H,2,5,14H2,1H3,(H,15,16). The van der Waals surface area contributed by atoms with E-state index in [2.05, 4.69) is 0 Å². The Balaban J connectivity index is 3.05. The number of carboxylic acids is 1. The number of benzene rings is 1. The van der Waals surface area contributed by atoms with E-state index in [1.54, 1.807) is 13.0 Å². The van der Waals surface area contributed by atoms with Crippen molar-refractivity contribution in [3.8, 4) is 0 Å². The van der Waals surface area contributed by atoms with Crippen molar-refractivity contribution in [3.05, 3.63) is 34.1 Å². The molecule has 1 unspecified atom stereocenters. The second-order valence-corrected chi connectivity index (χ2v) is 3.94. The summed E-state index contributed by atoms with van der Waals surface area (Å²) in [4.78, 5) is 10.5. The van der Waals surface area contributed by atoms with Crippen LogP contribution < -0.4 is 5.73 Å². The van der Waals surface area contributed by atoms with Crippen LogP contribution in [0.3, 0.4) is 0 Å². The molecule has 1 rings (SSSR count). The summed E-state index contributed by atoms with van der Waals surface area (Å²) in [5, 5.41) is 8.59. The Morgan fingerprint density at radius 2 is 2.25 bits per heavy atom. The molecule has 0 aromatic heterocycles. The topological polar surface area (TPSA) is 63.3 Å². The maximum atomic E-state index is 13.4. The third-order valence-electron chi connectivity index (χ3n) is 2.33. The minimum atomic E-state index is -0.994. The summed E-state index contributed by atoms with van der Waals surface area (Å²) in [7, 11) is 0. The van der Waals surface area contributed by atoms with Gasteiger partial charge in [-0.3, -0.25) is 4.79 Å². The Morgan fingerprint density at radius 1 is 1.62 bits per heavy atom. The predicted molar refractivity (Wildman–Crippen MR) is 60.0 cm³/mol. The van der Waals surface area contributed by atoms with Gasteiger partial charge in [0.25, 0.3) is 0 Å². The fourth-order valence-electron chi connectivity index (χ4n) is 1.45. The van der Waals surface area contributed by atoms with Gasteiger partial charge in [0.1, 0.15) is 5.82 Å². The molecule has 5 heteroatoms. The van der Waals surface area contributed by atoms with Gasteiger partial charge in [-0.05, 0) is 23.6 Å². The summed E-state index contributed by atoms with van der Waals surface area (Å²) in [6.07, 6.45) is 0.282. The smallest absolute Gasteiger partial charge is 0.305 e. The Morgan fingerprint density at radius 3 is 2.75 bits per heavy atom. The van der Waals surface area contributed by atoms with Crippen molar-refractivity contribution in [2.24, 2.45) is 5.73 Å². The van der Waals surface area contributed by atoms with Crippen molar-refractivity contribution in [2.75, 3.05) is 0 Å². The molecule has 0 radical (unpaired) electrons. The van der Waals surface area contributed by atoms with Crippen LogP contribution >= 0.6 is 11.6 Å². The highest BCUT2D eigenvalue weighted by atomic mass is 35.5. The molecule has 0 aliphatic rings. The average molecular weight is 246 g/mol. The zero-order valence-electron chi connectivity index (χ0n) is 8.84. The van der Waals surface area contributed by atoms with Crippen LogP contribution in [-0.4, -0.2) is 11.1 Å². The molecular weight excluding hydrogens is 233 g/mol. The van der Waals surface area contributed by atoms with E-state index >= 15 is 0 Å². The van der Waals surface area contributed by atoms with Gasteiger partial charge in [-0.25, -0.2) is 4.39 Å². The van der Waals surface area contributed by atoms with E-state index in [4.69, 9.17) is 22.4 Å². The van der Waals surface area contributed by atoms with Gasteiger partial charge in [0.2, 0.25) is 0 Å². The van der Waals surface area contributed by atoms with Gasteiger partial charge in [0.05, 0.1) is 11.4 Å². The van der Waals surface area contributed by atoms with Crippen LogP contribution in [0.2, 0.25) is 5.02 Å². The monoisotopic (exact) mass is 245 g/mol. The second-order valence-electron chi connectivity index (χ2n) is 3.53. The highest BCUT2D eigenvalue weighted by molar-refractivity contribution is 6.30. The van der Waals surface area contributed by atoms with Crippen LogP contribution in [0.5, 0.6) is 0 Å². The van der Waals surface area contributed by atoms with Crippen molar-refractivity contribution < 1.29 is 14.3 Å². The first-order valence-electron chi connectivity index (χ1n) is 4.90. The lowest BCUT2D eigenvalue weighted by Gasteiger charge is -2.12. The molecule has 0 bridgehead atoms. The van der Waals surface area contributed by atoms with Crippen molar-refractivity contribution in [1.82, 2.24) is 0 Å².